The third-order valence-electron chi connectivity index (χ3n) is 1.53. The molecule has 0 aromatic heterocycles. The quantitative estimate of drug-likeness (QED) is 0.775. The van der Waals surface area contributed by atoms with Crippen molar-refractivity contribution in [2.24, 2.45) is 0 Å². The zero-order chi connectivity index (χ0) is 10.6. The number of hydrogen-bond acceptors (Lipinski definition) is 3. The van der Waals surface area contributed by atoms with Gasteiger partial charge in [0.15, 0.2) is 0 Å². The Morgan fingerprint density at radius 2 is 2.14 bits per heavy atom. The van der Waals surface area contributed by atoms with Gasteiger partial charge in [0.25, 0.3) is 10.1 Å². The summed E-state index contributed by atoms with van der Waals surface area (Å²) in [7, 11) is -2.54. The van der Waals surface area contributed by atoms with Gasteiger partial charge in [0.1, 0.15) is 5.75 Å². The average Bonchev–Trinajstić information content (AvgIpc) is 2.14. The summed E-state index contributed by atoms with van der Waals surface area (Å²) in [5.74, 6) is 0.627. The number of ether oxygens (including phenoxy) is 1. The maximum atomic E-state index is 10.4. The van der Waals surface area contributed by atoms with E-state index in [1.165, 1.54) is 13.2 Å². The molecule has 1 N–H and O–H groups in total. The van der Waals surface area contributed by atoms with E-state index in [0.717, 1.165) is 5.41 Å². The lowest BCUT2D eigenvalue weighted by Gasteiger charge is -1.99. The molecule has 0 bridgehead atoms. The van der Waals surface area contributed by atoms with Crippen molar-refractivity contribution in [3.05, 3.63) is 35.2 Å². The van der Waals surface area contributed by atoms with E-state index in [-0.39, 0.29) is 0 Å². The summed E-state index contributed by atoms with van der Waals surface area (Å²) in [6, 6.07) is 6.82. The predicted octanol–water partition coefficient (Wildman–Crippen LogP) is 1.55. The van der Waals surface area contributed by atoms with E-state index in [4.69, 9.17) is 9.29 Å². The summed E-state index contributed by atoms with van der Waals surface area (Å²) >= 11 is 0. The minimum Gasteiger partial charge on any atom is -0.497 e. The first-order valence-corrected chi connectivity index (χ1v) is 5.31. The molecule has 1 aromatic rings. The van der Waals surface area contributed by atoms with Gasteiger partial charge >= 0.3 is 0 Å². The van der Waals surface area contributed by atoms with Gasteiger partial charge in [0, 0.05) is 0 Å². The Bertz CT molecular complexity index is 434. The van der Waals surface area contributed by atoms with Crippen LogP contribution in [0.15, 0.2) is 29.7 Å². The first-order chi connectivity index (χ1) is 6.51. The van der Waals surface area contributed by atoms with Crippen molar-refractivity contribution in [1.29, 1.82) is 0 Å². The van der Waals surface area contributed by atoms with Gasteiger partial charge in [-0.15, -0.1) is 0 Å². The van der Waals surface area contributed by atoms with Gasteiger partial charge in [0.05, 0.1) is 12.5 Å². The third kappa shape index (κ3) is 3.59. The Balaban J connectivity index is 2.93. The van der Waals surface area contributed by atoms with E-state index in [1.807, 2.05) is 0 Å². The maximum absolute atomic E-state index is 10.4. The molecule has 5 heteroatoms. The minimum absolute atomic E-state index is 0.627. The Morgan fingerprint density at radius 1 is 1.43 bits per heavy atom. The van der Waals surface area contributed by atoms with Crippen molar-refractivity contribution in [3.8, 4) is 5.75 Å². The smallest absolute Gasteiger partial charge is 0.287 e. The van der Waals surface area contributed by atoms with Crippen molar-refractivity contribution >= 4 is 16.2 Å². The van der Waals surface area contributed by atoms with Gasteiger partial charge in [-0.2, -0.15) is 8.42 Å². The molecule has 14 heavy (non-hydrogen) atoms. The lowest BCUT2D eigenvalue weighted by atomic mass is 10.2. The van der Waals surface area contributed by atoms with Crippen molar-refractivity contribution in [3.63, 3.8) is 0 Å². The van der Waals surface area contributed by atoms with E-state index in [0.29, 0.717) is 11.3 Å². The molecular formula is C9H10O4S. The van der Waals surface area contributed by atoms with Crippen LogP contribution < -0.4 is 4.74 Å². The largest absolute Gasteiger partial charge is 0.497 e. The Hall–Kier alpha value is -1.33. The van der Waals surface area contributed by atoms with Crippen molar-refractivity contribution in [1.82, 2.24) is 0 Å². The normalized spacial score (nSPS) is 11.9. The van der Waals surface area contributed by atoms with Gasteiger partial charge in [-0.25, -0.2) is 0 Å². The van der Waals surface area contributed by atoms with Gasteiger partial charge in [-0.05, 0) is 23.8 Å². The third-order valence-corrected chi connectivity index (χ3v) is 2.01. The number of hydrogen-bond donors (Lipinski definition) is 1. The molecule has 0 spiro atoms. The fourth-order valence-corrected chi connectivity index (χ4v) is 1.24. The van der Waals surface area contributed by atoms with E-state index < -0.39 is 10.1 Å². The topological polar surface area (TPSA) is 63.6 Å². The van der Waals surface area contributed by atoms with Gasteiger partial charge < -0.3 is 4.74 Å². The fraction of sp³-hybridized carbons (Fsp3) is 0.111. The molecule has 0 aliphatic heterocycles. The van der Waals surface area contributed by atoms with Crippen molar-refractivity contribution in [2.75, 3.05) is 7.11 Å². The second kappa shape index (κ2) is 4.26. The number of methoxy groups -OCH3 is 1. The standard InChI is InChI=1S/C9H10O4S/c1-13-9-4-2-3-8(7-9)5-6-14(10,11)12/h2-7H,1H3,(H,10,11,12). The monoisotopic (exact) mass is 214 g/mol. The summed E-state index contributed by atoms with van der Waals surface area (Å²) in [6.45, 7) is 0. The Kier molecular flexibility index (Phi) is 3.27. The minimum atomic E-state index is -4.06. The van der Waals surface area contributed by atoms with Crippen LogP contribution in [0.1, 0.15) is 5.56 Å². The van der Waals surface area contributed by atoms with E-state index in [9.17, 15) is 8.42 Å². The van der Waals surface area contributed by atoms with Crippen LogP contribution in [0.2, 0.25) is 0 Å². The summed E-state index contributed by atoms with van der Waals surface area (Å²) in [5, 5.41) is 0.724. The second-order valence-electron chi connectivity index (χ2n) is 2.59. The van der Waals surface area contributed by atoms with Crippen molar-refractivity contribution < 1.29 is 17.7 Å². The molecule has 4 nitrogen and oxygen atoms in total. The molecule has 0 aliphatic rings. The fourth-order valence-electron chi connectivity index (χ4n) is 0.910. The summed E-state index contributed by atoms with van der Waals surface area (Å²) in [4.78, 5) is 0. The second-order valence-corrected chi connectivity index (χ2v) is 3.90. The molecule has 0 saturated carbocycles. The predicted molar refractivity (Wildman–Crippen MR) is 53.6 cm³/mol. The summed E-state index contributed by atoms with van der Waals surface area (Å²) in [6.07, 6.45) is 1.29. The molecule has 76 valence electrons. The van der Waals surface area contributed by atoms with Crippen LogP contribution in [0, 0.1) is 0 Å². The molecule has 0 radical (unpaired) electrons. The Labute approximate surface area is 82.6 Å². The Morgan fingerprint density at radius 3 is 2.71 bits per heavy atom. The average molecular weight is 214 g/mol. The highest BCUT2D eigenvalue weighted by Gasteiger charge is 1.96. The van der Waals surface area contributed by atoms with Crippen LogP contribution in [0.3, 0.4) is 0 Å². The van der Waals surface area contributed by atoms with Crippen LogP contribution >= 0.6 is 0 Å². The molecule has 0 aliphatic carbocycles. The summed E-state index contributed by atoms with van der Waals surface area (Å²) in [5.41, 5.74) is 0.641. The highest BCUT2D eigenvalue weighted by Crippen LogP contribution is 2.13. The highest BCUT2D eigenvalue weighted by atomic mass is 32.2. The molecule has 0 unspecified atom stereocenters. The first kappa shape index (κ1) is 10.7. The SMILES string of the molecule is COc1cccc(C=CS(=O)(=O)O)c1. The number of benzene rings is 1. The van der Waals surface area contributed by atoms with E-state index in [2.05, 4.69) is 0 Å². The van der Waals surface area contributed by atoms with Crippen LogP contribution in [-0.4, -0.2) is 20.1 Å². The van der Waals surface area contributed by atoms with E-state index in [1.54, 1.807) is 24.3 Å². The van der Waals surface area contributed by atoms with Gasteiger partial charge in [-0.3, -0.25) is 4.55 Å². The zero-order valence-corrected chi connectivity index (χ0v) is 8.36. The van der Waals surface area contributed by atoms with Gasteiger partial charge in [-0.1, -0.05) is 12.1 Å². The van der Waals surface area contributed by atoms with Crippen LogP contribution in [0.4, 0.5) is 0 Å². The molecule has 0 atom stereocenters. The highest BCUT2D eigenvalue weighted by molar-refractivity contribution is 7.88. The van der Waals surface area contributed by atoms with Crippen LogP contribution in [0.5, 0.6) is 5.75 Å². The maximum Gasteiger partial charge on any atom is 0.287 e. The van der Waals surface area contributed by atoms with Crippen molar-refractivity contribution in [2.45, 2.75) is 0 Å². The first-order valence-electron chi connectivity index (χ1n) is 3.81. The molecule has 1 aromatic carbocycles. The molecular weight excluding hydrogens is 204 g/mol. The number of rotatable bonds is 3. The molecule has 0 saturated heterocycles. The lowest BCUT2D eigenvalue weighted by Crippen LogP contribution is -1.89. The molecule has 0 fully saturated rings. The molecule has 0 amide bonds. The van der Waals surface area contributed by atoms with Crippen LogP contribution in [0.25, 0.3) is 6.08 Å². The summed E-state index contributed by atoms with van der Waals surface area (Å²) < 4.78 is 34.2. The zero-order valence-electron chi connectivity index (χ0n) is 7.54. The molecule has 0 heterocycles. The van der Waals surface area contributed by atoms with Gasteiger partial charge in [0.2, 0.25) is 0 Å². The van der Waals surface area contributed by atoms with E-state index >= 15 is 0 Å². The molecule has 1 rings (SSSR count). The lowest BCUT2D eigenvalue weighted by molar-refractivity contribution is 0.414. The van der Waals surface area contributed by atoms with Crippen LogP contribution in [-0.2, 0) is 10.1 Å².